The maximum Gasteiger partial charge on any atom is 0.322 e. The molecule has 0 saturated carbocycles. The van der Waals surface area contributed by atoms with Gasteiger partial charge in [0, 0.05) is 18.5 Å². The molecule has 1 spiro atoms. The number of amides is 4. The van der Waals surface area contributed by atoms with Gasteiger partial charge < -0.3 is 15.5 Å². The van der Waals surface area contributed by atoms with Gasteiger partial charge >= 0.3 is 6.03 Å². The highest BCUT2D eigenvalue weighted by molar-refractivity contribution is 6.07. The van der Waals surface area contributed by atoms with Gasteiger partial charge in [-0.2, -0.15) is 0 Å². The molecule has 110 valence electrons. The van der Waals surface area contributed by atoms with E-state index in [0.717, 1.165) is 19.4 Å². The molecule has 3 aliphatic heterocycles. The van der Waals surface area contributed by atoms with Gasteiger partial charge in [0.1, 0.15) is 5.54 Å². The second-order valence-electron chi connectivity index (χ2n) is 6.08. The number of hydrogen-bond donors (Lipinski definition) is 3. The highest BCUT2D eigenvalue weighted by atomic mass is 16.2. The predicted octanol–water partition coefficient (Wildman–Crippen LogP) is -0.815. The second kappa shape index (κ2) is 4.73. The Morgan fingerprint density at radius 3 is 2.85 bits per heavy atom. The van der Waals surface area contributed by atoms with E-state index in [0.29, 0.717) is 25.6 Å². The summed E-state index contributed by atoms with van der Waals surface area (Å²) in [6.07, 6.45) is 2.17. The van der Waals surface area contributed by atoms with Crippen LogP contribution in [0.2, 0.25) is 0 Å². The predicted molar refractivity (Wildman–Crippen MR) is 70.8 cm³/mol. The Morgan fingerprint density at radius 2 is 2.20 bits per heavy atom. The lowest BCUT2D eigenvalue weighted by Gasteiger charge is -2.30. The highest BCUT2D eigenvalue weighted by Crippen LogP contribution is 2.28. The first-order valence-corrected chi connectivity index (χ1v) is 7.16. The van der Waals surface area contributed by atoms with E-state index in [-0.39, 0.29) is 17.7 Å². The number of nitrogens with zero attached hydrogens (tertiary/aromatic N) is 1. The van der Waals surface area contributed by atoms with Crippen molar-refractivity contribution in [2.75, 3.05) is 19.6 Å². The molecule has 7 heteroatoms. The highest BCUT2D eigenvalue weighted by Gasteiger charge is 2.52. The zero-order valence-electron chi connectivity index (χ0n) is 11.6. The van der Waals surface area contributed by atoms with Crippen LogP contribution in [0.4, 0.5) is 4.79 Å². The van der Waals surface area contributed by atoms with Gasteiger partial charge in [0.05, 0.1) is 6.54 Å². The number of carbonyl (C=O) groups excluding carboxylic acids is 3. The lowest BCUT2D eigenvalue weighted by molar-refractivity contribution is -0.136. The minimum atomic E-state index is -0.898. The molecule has 20 heavy (non-hydrogen) atoms. The van der Waals surface area contributed by atoms with Crippen molar-refractivity contribution in [2.45, 2.75) is 37.8 Å². The Kier molecular flexibility index (Phi) is 3.16. The van der Waals surface area contributed by atoms with Crippen LogP contribution in [0.1, 0.15) is 26.2 Å². The Balaban J connectivity index is 1.66. The number of likely N-dealkylation sites (tertiary alicyclic amines) is 1. The molecular weight excluding hydrogens is 260 g/mol. The van der Waals surface area contributed by atoms with E-state index >= 15 is 0 Å². The van der Waals surface area contributed by atoms with Crippen molar-refractivity contribution < 1.29 is 14.4 Å². The van der Waals surface area contributed by atoms with E-state index in [1.165, 1.54) is 0 Å². The monoisotopic (exact) mass is 280 g/mol. The first-order valence-electron chi connectivity index (χ1n) is 7.16. The Labute approximate surface area is 117 Å². The zero-order valence-corrected chi connectivity index (χ0v) is 11.6. The normalized spacial score (nSPS) is 37.1. The number of hydrogen-bond acceptors (Lipinski definition) is 4. The maximum absolute atomic E-state index is 12.5. The van der Waals surface area contributed by atoms with Crippen LogP contribution in [0.15, 0.2) is 0 Å². The summed E-state index contributed by atoms with van der Waals surface area (Å²) in [5, 5.41) is 8.26. The quantitative estimate of drug-likeness (QED) is 0.548. The van der Waals surface area contributed by atoms with Crippen LogP contribution in [0.25, 0.3) is 0 Å². The van der Waals surface area contributed by atoms with Crippen LogP contribution in [-0.4, -0.2) is 54.0 Å². The molecule has 4 amide bonds. The third kappa shape index (κ3) is 2.15. The Bertz CT molecular complexity index is 467. The zero-order chi connectivity index (χ0) is 14.3. The van der Waals surface area contributed by atoms with Gasteiger partial charge in [-0.05, 0) is 32.7 Å². The molecule has 0 aromatic carbocycles. The lowest BCUT2D eigenvalue weighted by Crippen LogP contribution is -2.51. The summed E-state index contributed by atoms with van der Waals surface area (Å²) >= 11 is 0. The van der Waals surface area contributed by atoms with E-state index in [1.807, 2.05) is 0 Å². The number of nitrogens with one attached hydrogen (secondary N) is 3. The van der Waals surface area contributed by atoms with Crippen LogP contribution in [0.5, 0.6) is 0 Å². The van der Waals surface area contributed by atoms with Gasteiger partial charge in [0.15, 0.2) is 0 Å². The van der Waals surface area contributed by atoms with Crippen LogP contribution < -0.4 is 16.0 Å². The number of urea groups is 1. The fourth-order valence-corrected chi connectivity index (χ4v) is 3.43. The van der Waals surface area contributed by atoms with E-state index in [4.69, 9.17) is 0 Å². The van der Waals surface area contributed by atoms with Crippen molar-refractivity contribution in [2.24, 2.45) is 5.92 Å². The summed E-state index contributed by atoms with van der Waals surface area (Å²) in [6, 6.07) is -0.108. The minimum absolute atomic E-state index is 0.0292. The molecule has 3 saturated heterocycles. The Hall–Kier alpha value is -1.63. The van der Waals surface area contributed by atoms with E-state index < -0.39 is 11.6 Å². The number of piperidine rings is 1. The molecule has 3 rings (SSSR count). The third-order valence-corrected chi connectivity index (χ3v) is 4.57. The molecule has 3 fully saturated rings. The molecule has 0 aromatic rings. The van der Waals surface area contributed by atoms with Crippen molar-refractivity contribution in [1.82, 2.24) is 20.9 Å². The summed E-state index contributed by atoms with van der Waals surface area (Å²) in [7, 11) is 0. The van der Waals surface area contributed by atoms with Crippen molar-refractivity contribution >= 4 is 17.8 Å². The maximum atomic E-state index is 12.5. The molecule has 0 bridgehead atoms. The summed E-state index contributed by atoms with van der Waals surface area (Å²) in [4.78, 5) is 37.4. The van der Waals surface area contributed by atoms with Crippen LogP contribution in [0, 0.1) is 5.92 Å². The van der Waals surface area contributed by atoms with Crippen molar-refractivity contribution in [1.29, 1.82) is 0 Å². The first-order chi connectivity index (χ1) is 9.50. The van der Waals surface area contributed by atoms with Crippen molar-refractivity contribution in [3.63, 3.8) is 0 Å². The van der Waals surface area contributed by atoms with Crippen molar-refractivity contribution in [3.05, 3.63) is 0 Å². The summed E-state index contributed by atoms with van der Waals surface area (Å²) < 4.78 is 0. The van der Waals surface area contributed by atoms with E-state index in [9.17, 15) is 14.4 Å². The van der Waals surface area contributed by atoms with Gasteiger partial charge in [-0.25, -0.2) is 4.79 Å². The van der Waals surface area contributed by atoms with Gasteiger partial charge in [0.25, 0.3) is 5.91 Å². The molecule has 3 N–H and O–H groups in total. The second-order valence-corrected chi connectivity index (χ2v) is 6.08. The molecule has 7 nitrogen and oxygen atoms in total. The molecule has 0 radical (unpaired) electrons. The number of imide groups is 1. The van der Waals surface area contributed by atoms with Gasteiger partial charge in [0.2, 0.25) is 5.91 Å². The fourth-order valence-electron chi connectivity index (χ4n) is 3.43. The number of carbonyl (C=O) groups is 3. The SMILES string of the molecule is CC1CC(C(=O)N2CCC3(C2)NC(=O)NC3=O)CCN1. The van der Waals surface area contributed by atoms with E-state index in [2.05, 4.69) is 22.9 Å². The average Bonchev–Trinajstić information content (AvgIpc) is 2.94. The van der Waals surface area contributed by atoms with Crippen LogP contribution in [-0.2, 0) is 9.59 Å². The molecule has 3 unspecified atom stereocenters. The molecule has 3 aliphatic rings. The smallest absolute Gasteiger partial charge is 0.322 e. The van der Waals surface area contributed by atoms with Crippen molar-refractivity contribution in [3.8, 4) is 0 Å². The minimum Gasteiger partial charge on any atom is -0.339 e. The molecule has 3 heterocycles. The third-order valence-electron chi connectivity index (χ3n) is 4.57. The average molecular weight is 280 g/mol. The Morgan fingerprint density at radius 1 is 1.40 bits per heavy atom. The fraction of sp³-hybridized carbons (Fsp3) is 0.769. The summed E-state index contributed by atoms with van der Waals surface area (Å²) in [6.45, 7) is 3.76. The molecular formula is C13H20N4O3. The largest absolute Gasteiger partial charge is 0.339 e. The molecule has 0 aromatic heterocycles. The van der Waals surface area contributed by atoms with E-state index in [1.54, 1.807) is 4.90 Å². The standard InChI is InChI=1S/C13H20N4O3/c1-8-6-9(2-4-14-8)10(18)17-5-3-13(7-17)11(19)15-12(20)16-13/h8-9,14H,2-7H2,1H3,(H2,15,16,19,20). The summed E-state index contributed by atoms with van der Waals surface area (Å²) in [5.41, 5.74) is -0.898. The number of rotatable bonds is 1. The van der Waals surface area contributed by atoms with Crippen LogP contribution in [0.3, 0.4) is 0 Å². The van der Waals surface area contributed by atoms with Gasteiger partial charge in [-0.1, -0.05) is 0 Å². The first kappa shape index (κ1) is 13.4. The van der Waals surface area contributed by atoms with Gasteiger partial charge in [-0.15, -0.1) is 0 Å². The van der Waals surface area contributed by atoms with Crippen LogP contribution >= 0.6 is 0 Å². The lowest BCUT2D eigenvalue weighted by atomic mass is 9.92. The topological polar surface area (TPSA) is 90.5 Å². The molecule has 0 aliphatic carbocycles. The molecule has 3 atom stereocenters. The van der Waals surface area contributed by atoms with Gasteiger partial charge in [-0.3, -0.25) is 14.9 Å². The summed E-state index contributed by atoms with van der Waals surface area (Å²) in [5.74, 6) is -0.165.